The van der Waals surface area contributed by atoms with Gasteiger partial charge in [-0.05, 0) is 23.3 Å². The average molecular weight is 317 g/mol. The Hall–Kier alpha value is -2.75. The Morgan fingerprint density at radius 3 is 2.12 bits per heavy atom. The van der Waals surface area contributed by atoms with E-state index in [1.54, 1.807) is 12.1 Å². The number of ketones is 1. The molecule has 2 aromatic rings. The van der Waals surface area contributed by atoms with Crippen molar-refractivity contribution in [1.29, 1.82) is 0 Å². The third-order valence-electron chi connectivity index (χ3n) is 5.70. The Kier molecular flexibility index (Phi) is 2.64. The lowest BCUT2D eigenvalue weighted by atomic mass is 9.56. The molecule has 4 heteroatoms. The molecular weight excluding hydrogens is 302 g/mol. The van der Waals surface area contributed by atoms with Crippen LogP contribution in [0.25, 0.3) is 0 Å². The highest BCUT2D eigenvalue weighted by molar-refractivity contribution is 6.24. The third kappa shape index (κ3) is 1.55. The zero-order valence-corrected chi connectivity index (χ0v) is 12.9. The fourth-order valence-electron chi connectivity index (χ4n) is 4.79. The van der Waals surface area contributed by atoms with Crippen molar-refractivity contribution < 1.29 is 14.4 Å². The number of hydrogen-bond acceptors (Lipinski definition) is 3. The molecular formula is C20H15NO3. The van der Waals surface area contributed by atoms with Gasteiger partial charge < -0.3 is 0 Å². The van der Waals surface area contributed by atoms with E-state index < -0.39 is 17.8 Å². The summed E-state index contributed by atoms with van der Waals surface area (Å²) in [6.45, 7) is 0. The molecule has 2 aromatic carbocycles. The number of Topliss-reactive ketones (excluding diaryl/α,β-unsaturated/α-hetero) is 1. The van der Waals surface area contributed by atoms with Crippen LogP contribution in [0.15, 0.2) is 54.6 Å². The van der Waals surface area contributed by atoms with Gasteiger partial charge in [0.25, 0.3) is 0 Å². The summed E-state index contributed by atoms with van der Waals surface area (Å²) in [5, 5.41) is 0. The van der Waals surface area contributed by atoms with Gasteiger partial charge in [-0.25, -0.2) is 0 Å². The lowest BCUT2D eigenvalue weighted by molar-refractivity contribution is -0.134. The Labute approximate surface area is 139 Å². The Balaban J connectivity index is 1.68. The van der Waals surface area contributed by atoms with Crippen molar-refractivity contribution in [3.05, 3.63) is 65.7 Å². The molecule has 0 unspecified atom stereocenters. The summed E-state index contributed by atoms with van der Waals surface area (Å²) in [5.74, 6) is -1.89. The van der Waals surface area contributed by atoms with E-state index in [0.717, 1.165) is 11.1 Å². The lowest BCUT2D eigenvalue weighted by Gasteiger charge is -2.43. The van der Waals surface area contributed by atoms with Gasteiger partial charge in [-0.3, -0.25) is 19.3 Å². The first-order valence-corrected chi connectivity index (χ1v) is 8.23. The van der Waals surface area contributed by atoms with Crippen LogP contribution in [0.5, 0.6) is 0 Å². The molecule has 0 aromatic heterocycles. The third-order valence-corrected chi connectivity index (χ3v) is 5.70. The quantitative estimate of drug-likeness (QED) is 0.760. The molecule has 2 bridgehead atoms. The van der Waals surface area contributed by atoms with Gasteiger partial charge in [-0.2, -0.15) is 0 Å². The number of para-hydroxylation sites is 1. The van der Waals surface area contributed by atoms with Crippen LogP contribution < -0.4 is 4.90 Å². The van der Waals surface area contributed by atoms with Gasteiger partial charge >= 0.3 is 0 Å². The van der Waals surface area contributed by atoms with Crippen LogP contribution >= 0.6 is 0 Å². The molecule has 1 aliphatic heterocycles. The highest BCUT2D eigenvalue weighted by atomic mass is 16.2. The molecule has 2 amide bonds. The van der Waals surface area contributed by atoms with Crippen molar-refractivity contribution in [3.8, 4) is 0 Å². The van der Waals surface area contributed by atoms with Gasteiger partial charge in [0.05, 0.1) is 23.4 Å². The second kappa shape index (κ2) is 4.63. The number of anilines is 1. The Bertz CT molecular complexity index is 889. The van der Waals surface area contributed by atoms with Crippen LogP contribution in [0.3, 0.4) is 0 Å². The average Bonchev–Trinajstić information content (AvgIpc) is 2.88. The summed E-state index contributed by atoms with van der Waals surface area (Å²) in [7, 11) is 0. The molecule has 118 valence electrons. The van der Waals surface area contributed by atoms with Gasteiger partial charge in [-0.15, -0.1) is 0 Å². The standard InChI is InChI=1S/C20H15NO3/c22-15-10-14-12-8-4-5-9-13(12)16(15)18-17(14)19(23)21(20(18)24)11-6-2-1-3-7-11/h1-9,14,16-18H,10H2/t14-,16-,17-,18+/m1/s1. The second-order valence-corrected chi connectivity index (χ2v) is 6.78. The maximum absolute atomic E-state index is 13.1. The van der Waals surface area contributed by atoms with Crippen LogP contribution in [-0.4, -0.2) is 17.6 Å². The molecule has 4 nitrogen and oxygen atoms in total. The number of fused-ring (bicyclic) bond motifs is 1. The van der Waals surface area contributed by atoms with Crippen molar-refractivity contribution in [2.45, 2.75) is 18.3 Å². The van der Waals surface area contributed by atoms with E-state index in [2.05, 4.69) is 0 Å². The Morgan fingerprint density at radius 1 is 0.750 bits per heavy atom. The van der Waals surface area contributed by atoms with Crippen LogP contribution in [0.1, 0.15) is 29.4 Å². The molecule has 1 saturated heterocycles. The monoisotopic (exact) mass is 317 g/mol. The fourth-order valence-corrected chi connectivity index (χ4v) is 4.79. The second-order valence-electron chi connectivity index (χ2n) is 6.78. The van der Waals surface area contributed by atoms with Crippen molar-refractivity contribution in [3.63, 3.8) is 0 Å². The molecule has 0 radical (unpaired) electrons. The van der Waals surface area contributed by atoms with Gasteiger partial charge in [0, 0.05) is 12.3 Å². The molecule has 24 heavy (non-hydrogen) atoms. The zero-order valence-electron chi connectivity index (χ0n) is 12.9. The molecule has 4 atom stereocenters. The van der Waals surface area contributed by atoms with Crippen LogP contribution in [0.4, 0.5) is 5.69 Å². The SMILES string of the molecule is O=C1C[C@@H]2c3ccccc3[C@H]1[C@@H]1C(=O)N(c3ccccc3)C(=O)[C@@H]12. The van der Waals surface area contributed by atoms with Crippen LogP contribution in [0, 0.1) is 11.8 Å². The summed E-state index contributed by atoms with van der Waals surface area (Å²) in [4.78, 5) is 40.0. The normalized spacial score (nSPS) is 30.5. The highest BCUT2D eigenvalue weighted by Gasteiger charge is 2.62. The van der Waals surface area contributed by atoms with Gasteiger partial charge in [0.15, 0.2) is 0 Å². The first kappa shape index (κ1) is 13.7. The summed E-state index contributed by atoms with van der Waals surface area (Å²) in [5.41, 5.74) is 2.60. The minimum absolute atomic E-state index is 0.0935. The fraction of sp³-hybridized carbons (Fsp3) is 0.250. The first-order chi connectivity index (χ1) is 11.7. The zero-order chi connectivity index (χ0) is 16.4. The van der Waals surface area contributed by atoms with E-state index in [0.29, 0.717) is 12.1 Å². The number of carbonyl (C=O) groups is 3. The number of hydrogen-bond donors (Lipinski definition) is 0. The predicted octanol–water partition coefficient (Wildman–Crippen LogP) is 2.65. The topological polar surface area (TPSA) is 54.5 Å². The molecule has 0 N–H and O–H groups in total. The van der Waals surface area contributed by atoms with Crippen molar-refractivity contribution in [2.24, 2.45) is 11.8 Å². The number of nitrogens with zero attached hydrogens (tertiary/aromatic N) is 1. The molecule has 6 rings (SSSR count). The molecule has 3 aliphatic carbocycles. The van der Waals surface area contributed by atoms with E-state index in [1.807, 2.05) is 42.5 Å². The van der Waals surface area contributed by atoms with Gasteiger partial charge in [0.2, 0.25) is 11.8 Å². The van der Waals surface area contributed by atoms with Crippen molar-refractivity contribution in [2.75, 3.05) is 4.90 Å². The van der Waals surface area contributed by atoms with Crippen LogP contribution in [0.2, 0.25) is 0 Å². The smallest absolute Gasteiger partial charge is 0.238 e. The van der Waals surface area contributed by atoms with E-state index >= 15 is 0 Å². The van der Waals surface area contributed by atoms with E-state index in [-0.39, 0.29) is 23.5 Å². The van der Waals surface area contributed by atoms with Gasteiger partial charge in [0.1, 0.15) is 5.78 Å². The van der Waals surface area contributed by atoms with Crippen molar-refractivity contribution in [1.82, 2.24) is 0 Å². The first-order valence-electron chi connectivity index (χ1n) is 8.23. The van der Waals surface area contributed by atoms with E-state index in [4.69, 9.17) is 0 Å². The number of rotatable bonds is 1. The number of benzene rings is 2. The largest absolute Gasteiger partial charge is 0.299 e. The maximum atomic E-state index is 13.1. The molecule has 1 saturated carbocycles. The molecule has 2 fully saturated rings. The van der Waals surface area contributed by atoms with E-state index in [9.17, 15) is 14.4 Å². The number of carbonyl (C=O) groups excluding carboxylic acids is 3. The summed E-state index contributed by atoms with van der Waals surface area (Å²) in [6, 6.07) is 16.8. The minimum atomic E-state index is -0.543. The lowest BCUT2D eigenvalue weighted by Crippen LogP contribution is -2.44. The highest BCUT2D eigenvalue weighted by Crippen LogP contribution is 2.57. The van der Waals surface area contributed by atoms with Crippen LogP contribution in [-0.2, 0) is 14.4 Å². The molecule has 0 spiro atoms. The maximum Gasteiger partial charge on any atom is 0.238 e. The number of imide groups is 1. The Morgan fingerprint density at radius 2 is 1.38 bits per heavy atom. The predicted molar refractivity (Wildman–Crippen MR) is 87.5 cm³/mol. The summed E-state index contributed by atoms with van der Waals surface area (Å²) < 4.78 is 0. The summed E-state index contributed by atoms with van der Waals surface area (Å²) >= 11 is 0. The number of amides is 2. The molecule has 1 heterocycles. The summed E-state index contributed by atoms with van der Waals surface area (Å²) in [6.07, 6.45) is 0.366. The minimum Gasteiger partial charge on any atom is -0.299 e. The van der Waals surface area contributed by atoms with Gasteiger partial charge in [-0.1, -0.05) is 42.5 Å². The molecule has 4 aliphatic rings. The van der Waals surface area contributed by atoms with Crippen molar-refractivity contribution >= 4 is 23.3 Å². The van der Waals surface area contributed by atoms with E-state index in [1.165, 1.54) is 4.90 Å².